The van der Waals surface area contributed by atoms with Crippen molar-refractivity contribution in [3.8, 4) is 0 Å². The van der Waals surface area contributed by atoms with Crippen molar-refractivity contribution in [2.24, 2.45) is 0 Å². The Morgan fingerprint density at radius 2 is 2.12 bits per heavy atom. The van der Waals surface area contributed by atoms with E-state index in [0.29, 0.717) is 6.54 Å². The van der Waals surface area contributed by atoms with Crippen molar-refractivity contribution < 1.29 is 4.39 Å². The smallest absolute Gasteiger partial charge is 0.222 e. The minimum atomic E-state index is -0.448. The van der Waals surface area contributed by atoms with Crippen LogP contribution in [0.15, 0.2) is 30.5 Å². The van der Waals surface area contributed by atoms with E-state index in [9.17, 15) is 4.39 Å². The molecule has 0 bridgehead atoms. The number of nitrogen functional groups attached to an aromatic ring is 1. The first-order chi connectivity index (χ1) is 8.25. The van der Waals surface area contributed by atoms with Crippen LogP contribution in [0.3, 0.4) is 0 Å². The number of hydrogen-bond acceptors (Lipinski definition) is 4. The molecule has 1 aromatic heterocycles. The number of para-hydroxylation sites is 1. The molecule has 0 amide bonds. The number of aromatic nitrogens is 2. The molecule has 0 fully saturated rings. The standard InChI is InChI=1S/C12H11FN4/c13-9-7-15-12(14)16-11(9)17-6-5-8-3-1-2-4-10(8)17/h1-4,7H,5-6H2,(H2,14,15,16). The predicted molar refractivity (Wildman–Crippen MR) is 63.6 cm³/mol. The summed E-state index contributed by atoms with van der Waals surface area (Å²) in [5, 5.41) is 0. The summed E-state index contributed by atoms with van der Waals surface area (Å²) < 4.78 is 13.7. The zero-order valence-electron chi connectivity index (χ0n) is 9.10. The van der Waals surface area contributed by atoms with Gasteiger partial charge < -0.3 is 10.6 Å². The Bertz CT molecular complexity index is 570. The summed E-state index contributed by atoms with van der Waals surface area (Å²) in [6.07, 6.45) is 2.00. The third-order valence-electron chi connectivity index (χ3n) is 2.89. The van der Waals surface area contributed by atoms with Crippen molar-refractivity contribution in [1.29, 1.82) is 0 Å². The lowest BCUT2D eigenvalue weighted by Crippen LogP contribution is -2.17. The van der Waals surface area contributed by atoms with Gasteiger partial charge in [0.05, 0.1) is 6.20 Å². The molecule has 2 N–H and O–H groups in total. The van der Waals surface area contributed by atoms with Gasteiger partial charge in [0.1, 0.15) is 0 Å². The van der Waals surface area contributed by atoms with Gasteiger partial charge in [-0.15, -0.1) is 0 Å². The quantitative estimate of drug-likeness (QED) is 0.812. The molecule has 86 valence electrons. The van der Waals surface area contributed by atoms with E-state index in [1.54, 1.807) is 0 Å². The minimum absolute atomic E-state index is 0.0887. The molecule has 1 aliphatic heterocycles. The van der Waals surface area contributed by atoms with Gasteiger partial charge in [-0.3, -0.25) is 0 Å². The second-order valence-electron chi connectivity index (χ2n) is 3.93. The van der Waals surface area contributed by atoms with E-state index in [1.807, 2.05) is 29.2 Å². The van der Waals surface area contributed by atoms with E-state index >= 15 is 0 Å². The van der Waals surface area contributed by atoms with Gasteiger partial charge in [0.25, 0.3) is 0 Å². The normalized spacial score (nSPS) is 13.8. The van der Waals surface area contributed by atoms with Crippen LogP contribution in [-0.2, 0) is 6.42 Å². The van der Waals surface area contributed by atoms with Gasteiger partial charge in [-0.1, -0.05) is 18.2 Å². The maximum Gasteiger partial charge on any atom is 0.222 e. The molecule has 1 aromatic carbocycles. The molecule has 2 aromatic rings. The molecule has 0 saturated carbocycles. The molecule has 17 heavy (non-hydrogen) atoms. The van der Waals surface area contributed by atoms with Gasteiger partial charge in [-0.05, 0) is 18.1 Å². The molecule has 0 aliphatic carbocycles. The Morgan fingerprint density at radius 1 is 1.29 bits per heavy atom. The first-order valence-corrected chi connectivity index (χ1v) is 5.39. The highest BCUT2D eigenvalue weighted by Gasteiger charge is 2.23. The zero-order valence-corrected chi connectivity index (χ0v) is 9.10. The first-order valence-electron chi connectivity index (χ1n) is 5.39. The van der Waals surface area contributed by atoms with Gasteiger partial charge in [0, 0.05) is 12.2 Å². The molecule has 0 unspecified atom stereocenters. The first kappa shape index (κ1) is 10.0. The van der Waals surface area contributed by atoms with E-state index in [0.717, 1.165) is 18.3 Å². The highest BCUT2D eigenvalue weighted by Crippen LogP contribution is 2.34. The van der Waals surface area contributed by atoms with Crippen molar-refractivity contribution in [2.45, 2.75) is 6.42 Å². The molecule has 0 saturated heterocycles. The number of fused-ring (bicyclic) bond motifs is 1. The van der Waals surface area contributed by atoms with Crippen LogP contribution in [-0.4, -0.2) is 16.5 Å². The van der Waals surface area contributed by atoms with Gasteiger partial charge in [-0.25, -0.2) is 9.37 Å². The van der Waals surface area contributed by atoms with E-state index in [2.05, 4.69) is 9.97 Å². The maximum absolute atomic E-state index is 13.7. The Morgan fingerprint density at radius 3 is 3.00 bits per heavy atom. The average molecular weight is 230 g/mol. The third kappa shape index (κ3) is 1.60. The second kappa shape index (κ2) is 3.69. The molecule has 0 spiro atoms. The fourth-order valence-electron chi connectivity index (χ4n) is 2.12. The Labute approximate surface area is 97.9 Å². The predicted octanol–water partition coefficient (Wildman–Crippen LogP) is 1.89. The summed E-state index contributed by atoms with van der Waals surface area (Å²) in [5.74, 6) is -0.107. The van der Waals surface area contributed by atoms with Crippen molar-refractivity contribution in [2.75, 3.05) is 17.2 Å². The van der Waals surface area contributed by atoms with Crippen LogP contribution in [0.5, 0.6) is 0 Å². The largest absolute Gasteiger partial charge is 0.368 e. The fraction of sp³-hybridized carbons (Fsp3) is 0.167. The molecule has 4 nitrogen and oxygen atoms in total. The third-order valence-corrected chi connectivity index (χ3v) is 2.89. The number of anilines is 3. The van der Waals surface area contributed by atoms with Gasteiger partial charge in [0.2, 0.25) is 5.95 Å². The van der Waals surface area contributed by atoms with Crippen LogP contribution < -0.4 is 10.6 Å². The van der Waals surface area contributed by atoms with Crippen LogP contribution in [0.2, 0.25) is 0 Å². The number of hydrogen-bond donors (Lipinski definition) is 1. The highest BCUT2D eigenvalue weighted by molar-refractivity contribution is 5.68. The zero-order chi connectivity index (χ0) is 11.8. The molecule has 1 aliphatic rings. The number of halogens is 1. The lowest BCUT2D eigenvalue weighted by Gasteiger charge is -2.18. The fourth-order valence-corrected chi connectivity index (χ4v) is 2.12. The molecule has 5 heteroatoms. The number of benzene rings is 1. The molecule has 2 heterocycles. The summed E-state index contributed by atoms with van der Waals surface area (Å²) in [7, 11) is 0. The maximum atomic E-state index is 13.7. The summed E-state index contributed by atoms with van der Waals surface area (Å²) in [6, 6.07) is 7.91. The summed E-state index contributed by atoms with van der Waals surface area (Å²) in [5.41, 5.74) is 7.69. The van der Waals surface area contributed by atoms with Crippen molar-refractivity contribution in [3.05, 3.63) is 41.8 Å². The van der Waals surface area contributed by atoms with Gasteiger partial charge in [-0.2, -0.15) is 4.98 Å². The number of nitrogens with zero attached hydrogens (tertiary/aromatic N) is 3. The monoisotopic (exact) mass is 230 g/mol. The van der Waals surface area contributed by atoms with E-state index in [1.165, 1.54) is 5.56 Å². The summed E-state index contributed by atoms with van der Waals surface area (Å²) in [4.78, 5) is 9.44. The Balaban J connectivity index is 2.10. The molecular weight excluding hydrogens is 219 g/mol. The summed E-state index contributed by atoms with van der Waals surface area (Å²) >= 11 is 0. The highest BCUT2D eigenvalue weighted by atomic mass is 19.1. The van der Waals surface area contributed by atoms with Crippen molar-refractivity contribution >= 4 is 17.5 Å². The Hall–Kier alpha value is -2.17. The van der Waals surface area contributed by atoms with E-state index in [-0.39, 0.29) is 11.8 Å². The second-order valence-corrected chi connectivity index (χ2v) is 3.93. The Kier molecular flexibility index (Phi) is 2.18. The number of rotatable bonds is 1. The SMILES string of the molecule is Nc1ncc(F)c(N2CCc3ccccc32)n1. The van der Waals surface area contributed by atoms with Crippen LogP contribution in [0.25, 0.3) is 0 Å². The topological polar surface area (TPSA) is 55.0 Å². The van der Waals surface area contributed by atoms with Gasteiger partial charge in [0.15, 0.2) is 11.6 Å². The van der Waals surface area contributed by atoms with Crippen molar-refractivity contribution in [1.82, 2.24) is 9.97 Å². The van der Waals surface area contributed by atoms with Gasteiger partial charge >= 0.3 is 0 Å². The molecule has 0 atom stereocenters. The van der Waals surface area contributed by atoms with Crippen LogP contribution in [0.1, 0.15) is 5.56 Å². The molecule has 0 radical (unpaired) electrons. The van der Waals surface area contributed by atoms with Crippen LogP contribution in [0.4, 0.5) is 21.8 Å². The minimum Gasteiger partial charge on any atom is -0.368 e. The lowest BCUT2D eigenvalue weighted by molar-refractivity contribution is 0.612. The molecular formula is C12H11FN4. The van der Waals surface area contributed by atoms with Crippen molar-refractivity contribution in [3.63, 3.8) is 0 Å². The van der Waals surface area contributed by atoms with E-state index < -0.39 is 5.82 Å². The average Bonchev–Trinajstić information content (AvgIpc) is 2.76. The van der Waals surface area contributed by atoms with E-state index in [4.69, 9.17) is 5.73 Å². The summed E-state index contributed by atoms with van der Waals surface area (Å²) in [6.45, 7) is 0.715. The van der Waals surface area contributed by atoms with Crippen LogP contribution in [0, 0.1) is 5.82 Å². The lowest BCUT2D eigenvalue weighted by atomic mass is 10.2. The number of nitrogens with two attached hydrogens (primary N) is 1. The van der Waals surface area contributed by atoms with Crippen LogP contribution >= 0.6 is 0 Å². The molecule has 3 rings (SSSR count).